The van der Waals surface area contributed by atoms with Crippen LogP contribution in [0.25, 0.3) is 0 Å². The first kappa shape index (κ1) is 9.64. The zero-order valence-corrected chi connectivity index (χ0v) is 9.46. The molecule has 15 heavy (non-hydrogen) atoms. The quantitative estimate of drug-likeness (QED) is 0.697. The van der Waals surface area contributed by atoms with Crippen LogP contribution in [0.1, 0.15) is 32.6 Å². The van der Waals surface area contributed by atoms with Gasteiger partial charge in [0, 0.05) is 19.1 Å². The molecule has 3 aliphatic rings. The van der Waals surface area contributed by atoms with Crippen molar-refractivity contribution in [2.45, 2.75) is 38.6 Å². The van der Waals surface area contributed by atoms with Crippen molar-refractivity contribution in [2.75, 3.05) is 19.6 Å². The monoisotopic (exact) mass is 208 g/mol. The van der Waals surface area contributed by atoms with Crippen molar-refractivity contribution in [3.05, 3.63) is 0 Å². The lowest BCUT2D eigenvalue weighted by atomic mass is 9.87. The van der Waals surface area contributed by atoms with Crippen molar-refractivity contribution in [1.82, 2.24) is 10.2 Å². The van der Waals surface area contributed by atoms with E-state index in [1.54, 1.807) is 0 Å². The van der Waals surface area contributed by atoms with Crippen molar-refractivity contribution in [3.8, 4) is 0 Å². The molecule has 3 rings (SSSR count). The van der Waals surface area contributed by atoms with Gasteiger partial charge in [0.25, 0.3) is 0 Å². The summed E-state index contributed by atoms with van der Waals surface area (Å²) in [5, 5.41) is 3.31. The van der Waals surface area contributed by atoms with E-state index in [9.17, 15) is 4.79 Å². The number of carbonyl (C=O) groups is 1. The Kier molecular flexibility index (Phi) is 2.06. The molecule has 0 radical (unpaired) electrons. The lowest BCUT2D eigenvalue weighted by Crippen LogP contribution is -2.47. The van der Waals surface area contributed by atoms with Crippen LogP contribution in [0.4, 0.5) is 0 Å². The highest BCUT2D eigenvalue weighted by molar-refractivity contribution is 5.83. The van der Waals surface area contributed by atoms with Crippen molar-refractivity contribution >= 4 is 5.91 Å². The summed E-state index contributed by atoms with van der Waals surface area (Å²) in [6.45, 7) is 5.05. The van der Waals surface area contributed by atoms with Gasteiger partial charge in [-0.1, -0.05) is 0 Å². The summed E-state index contributed by atoms with van der Waals surface area (Å²) in [5.41, 5.74) is -0.107. The van der Waals surface area contributed by atoms with Gasteiger partial charge in [0.05, 0.1) is 5.41 Å². The van der Waals surface area contributed by atoms with Crippen LogP contribution in [0.2, 0.25) is 0 Å². The minimum Gasteiger partial charge on any atom is -0.339 e. The summed E-state index contributed by atoms with van der Waals surface area (Å²) < 4.78 is 0. The van der Waals surface area contributed by atoms with Gasteiger partial charge in [-0.15, -0.1) is 0 Å². The molecule has 0 aromatic rings. The van der Waals surface area contributed by atoms with E-state index in [0.717, 1.165) is 32.0 Å². The molecule has 1 amide bonds. The largest absolute Gasteiger partial charge is 0.339 e. The molecule has 2 heterocycles. The summed E-state index contributed by atoms with van der Waals surface area (Å²) in [7, 11) is 0. The molecule has 3 atom stereocenters. The smallest absolute Gasteiger partial charge is 0.230 e. The second-order valence-electron chi connectivity index (χ2n) is 5.78. The second-order valence-corrected chi connectivity index (χ2v) is 5.78. The number of carbonyl (C=O) groups excluding carboxylic acids is 1. The number of hydrogen-bond donors (Lipinski definition) is 1. The third kappa shape index (κ3) is 1.40. The van der Waals surface area contributed by atoms with Crippen molar-refractivity contribution < 1.29 is 4.79 Å². The van der Waals surface area contributed by atoms with Crippen LogP contribution in [0, 0.1) is 11.3 Å². The Hall–Kier alpha value is -0.570. The first-order valence-corrected chi connectivity index (χ1v) is 6.21. The zero-order chi connectivity index (χ0) is 10.5. The molecule has 1 aliphatic carbocycles. The normalized spacial score (nSPS) is 43.9. The second kappa shape index (κ2) is 3.21. The van der Waals surface area contributed by atoms with Gasteiger partial charge in [-0.3, -0.25) is 4.79 Å². The van der Waals surface area contributed by atoms with E-state index >= 15 is 0 Å². The first-order valence-electron chi connectivity index (χ1n) is 6.21. The minimum absolute atomic E-state index is 0.107. The molecule has 2 saturated heterocycles. The van der Waals surface area contributed by atoms with E-state index in [1.165, 1.54) is 19.3 Å². The summed E-state index contributed by atoms with van der Waals surface area (Å²) in [6, 6.07) is 0.583. The molecule has 1 N–H and O–H groups in total. The fourth-order valence-corrected chi connectivity index (χ4v) is 3.52. The van der Waals surface area contributed by atoms with Crippen LogP contribution in [0.3, 0.4) is 0 Å². The van der Waals surface area contributed by atoms with Gasteiger partial charge in [-0.05, 0) is 45.1 Å². The Morgan fingerprint density at radius 3 is 2.87 bits per heavy atom. The van der Waals surface area contributed by atoms with Crippen LogP contribution in [0.15, 0.2) is 0 Å². The number of fused-ring (bicyclic) bond motifs is 2. The van der Waals surface area contributed by atoms with Gasteiger partial charge < -0.3 is 10.2 Å². The number of hydrogen-bond acceptors (Lipinski definition) is 2. The number of rotatable bonds is 1. The molecular weight excluding hydrogens is 188 g/mol. The van der Waals surface area contributed by atoms with Gasteiger partial charge in [0.15, 0.2) is 0 Å². The predicted molar refractivity (Wildman–Crippen MR) is 58.4 cm³/mol. The Morgan fingerprint density at radius 2 is 2.33 bits per heavy atom. The highest BCUT2D eigenvalue weighted by Crippen LogP contribution is 2.40. The first-order chi connectivity index (χ1) is 7.19. The van der Waals surface area contributed by atoms with Gasteiger partial charge in [-0.25, -0.2) is 0 Å². The minimum atomic E-state index is -0.107. The Bertz CT molecular complexity index is 283. The van der Waals surface area contributed by atoms with Crippen molar-refractivity contribution in [3.63, 3.8) is 0 Å². The van der Waals surface area contributed by atoms with Crippen LogP contribution >= 0.6 is 0 Å². The van der Waals surface area contributed by atoms with Crippen LogP contribution in [-0.4, -0.2) is 36.5 Å². The van der Waals surface area contributed by atoms with E-state index in [-0.39, 0.29) is 5.41 Å². The summed E-state index contributed by atoms with van der Waals surface area (Å²) in [4.78, 5) is 14.6. The molecule has 84 valence electrons. The molecule has 3 heteroatoms. The van der Waals surface area contributed by atoms with Gasteiger partial charge >= 0.3 is 0 Å². The summed E-state index contributed by atoms with van der Waals surface area (Å²) in [5.74, 6) is 1.23. The molecule has 0 aromatic heterocycles. The number of piperidine rings is 1. The standard InChI is InChI=1S/C12H20N2O/c1-12(4-5-13-8-12)11(15)14-7-9-2-3-10(14)6-9/h9-10,13H,2-8H2,1H3. The van der Waals surface area contributed by atoms with Gasteiger partial charge in [0.2, 0.25) is 5.91 Å². The van der Waals surface area contributed by atoms with Gasteiger partial charge in [-0.2, -0.15) is 0 Å². The Labute approximate surface area is 91.2 Å². The van der Waals surface area contributed by atoms with E-state index in [4.69, 9.17) is 0 Å². The van der Waals surface area contributed by atoms with Gasteiger partial charge in [0.1, 0.15) is 0 Å². The average molecular weight is 208 g/mol. The Morgan fingerprint density at radius 1 is 1.47 bits per heavy atom. The fraction of sp³-hybridized carbons (Fsp3) is 0.917. The van der Waals surface area contributed by atoms with Crippen molar-refractivity contribution in [2.24, 2.45) is 11.3 Å². The third-order valence-corrected chi connectivity index (χ3v) is 4.56. The van der Waals surface area contributed by atoms with Crippen LogP contribution < -0.4 is 5.32 Å². The van der Waals surface area contributed by atoms with E-state index in [0.29, 0.717) is 11.9 Å². The highest BCUT2D eigenvalue weighted by atomic mass is 16.2. The SMILES string of the molecule is CC1(C(=O)N2CC3CCC2C3)CCNC1. The number of likely N-dealkylation sites (tertiary alicyclic amines) is 1. The molecule has 0 aromatic carbocycles. The molecule has 3 unspecified atom stereocenters. The van der Waals surface area contributed by atoms with Crippen LogP contribution in [-0.2, 0) is 4.79 Å². The number of amides is 1. The number of nitrogens with zero attached hydrogens (tertiary/aromatic N) is 1. The lowest BCUT2D eigenvalue weighted by Gasteiger charge is -2.34. The molecule has 3 nitrogen and oxygen atoms in total. The molecule has 2 aliphatic heterocycles. The number of nitrogens with one attached hydrogen (secondary N) is 1. The zero-order valence-electron chi connectivity index (χ0n) is 9.46. The Balaban J connectivity index is 1.74. The maximum absolute atomic E-state index is 12.4. The summed E-state index contributed by atoms with van der Waals surface area (Å²) >= 11 is 0. The van der Waals surface area contributed by atoms with Crippen molar-refractivity contribution in [1.29, 1.82) is 0 Å². The average Bonchev–Trinajstić information content (AvgIpc) is 2.91. The molecule has 0 spiro atoms. The third-order valence-electron chi connectivity index (χ3n) is 4.56. The lowest BCUT2D eigenvalue weighted by molar-refractivity contribution is -0.141. The van der Waals surface area contributed by atoms with E-state index in [1.807, 2.05) is 0 Å². The predicted octanol–water partition coefficient (Wildman–Crippen LogP) is 0.997. The topological polar surface area (TPSA) is 32.3 Å². The highest BCUT2D eigenvalue weighted by Gasteiger charge is 2.46. The van der Waals surface area contributed by atoms with Crippen LogP contribution in [0.5, 0.6) is 0 Å². The maximum Gasteiger partial charge on any atom is 0.230 e. The molecule has 3 fully saturated rings. The van der Waals surface area contributed by atoms with E-state index < -0.39 is 0 Å². The molecule has 1 saturated carbocycles. The molecule has 2 bridgehead atoms. The fourth-order valence-electron chi connectivity index (χ4n) is 3.52. The van der Waals surface area contributed by atoms with E-state index in [2.05, 4.69) is 17.1 Å². The summed E-state index contributed by atoms with van der Waals surface area (Å²) in [6.07, 6.45) is 4.89. The molecular formula is C12H20N2O. The maximum atomic E-state index is 12.4.